The van der Waals surface area contributed by atoms with Gasteiger partial charge in [0.2, 0.25) is 0 Å². The summed E-state index contributed by atoms with van der Waals surface area (Å²) in [6, 6.07) is 0. The Morgan fingerprint density at radius 2 is 1.54 bits per heavy atom. The normalized spacial score (nSPS) is 53.0. The molecule has 0 radical (unpaired) electrons. The number of carboxylic acids is 2. The zero-order valence-corrected chi connectivity index (χ0v) is 28.2. The van der Waals surface area contributed by atoms with Gasteiger partial charge in [0, 0.05) is 0 Å². The Bertz CT molecular complexity index is 1310. The number of aliphatic carboxylic acids is 2. The van der Waals surface area contributed by atoms with E-state index in [0.29, 0.717) is 12.8 Å². The van der Waals surface area contributed by atoms with Crippen LogP contribution in [-0.4, -0.2) is 80.6 Å². The summed E-state index contributed by atoms with van der Waals surface area (Å²) >= 11 is 0. The fourth-order valence-corrected chi connectivity index (χ4v) is 12.0. The summed E-state index contributed by atoms with van der Waals surface area (Å²) in [6.45, 7) is 13.5. The fraction of sp³-hybridized carbons (Fsp3) is 0.861. The highest BCUT2D eigenvalue weighted by atomic mass is 16.7. The van der Waals surface area contributed by atoms with Crippen molar-refractivity contribution < 1.29 is 49.4 Å². The molecule has 0 unspecified atom stereocenters. The molecule has 1 heterocycles. The van der Waals surface area contributed by atoms with Crippen LogP contribution >= 0.6 is 0 Å². The number of carbonyl (C=O) groups is 3. The van der Waals surface area contributed by atoms with Gasteiger partial charge >= 0.3 is 11.9 Å². The van der Waals surface area contributed by atoms with Gasteiger partial charge in [-0.2, -0.15) is 0 Å². The van der Waals surface area contributed by atoms with Crippen molar-refractivity contribution in [2.24, 2.45) is 50.2 Å². The van der Waals surface area contributed by atoms with Crippen molar-refractivity contribution in [1.29, 1.82) is 0 Å². The molecule has 0 aromatic heterocycles. The Labute approximate surface area is 271 Å². The Kier molecular flexibility index (Phi) is 8.01. The number of rotatable bonds is 5. The monoisotopic (exact) mass is 646 g/mol. The number of hydrogen-bond donors (Lipinski definition) is 5. The molecule has 5 aliphatic carbocycles. The van der Waals surface area contributed by atoms with Gasteiger partial charge in [-0.3, -0.25) is 4.79 Å². The van der Waals surface area contributed by atoms with Crippen LogP contribution in [0.3, 0.4) is 0 Å². The molecule has 6 aliphatic rings. The summed E-state index contributed by atoms with van der Waals surface area (Å²) in [5.41, 5.74) is -0.721. The molecule has 0 aromatic rings. The first kappa shape index (κ1) is 34.0. The molecule has 4 saturated carbocycles. The molecule has 1 saturated heterocycles. The van der Waals surface area contributed by atoms with Crippen molar-refractivity contribution >= 4 is 18.2 Å². The lowest BCUT2D eigenvalue weighted by molar-refractivity contribution is -0.321. The minimum atomic E-state index is -1.82. The molecule has 0 bridgehead atoms. The average molecular weight is 647 g/mol. The molecule has 10 heteroatoms. The van der Waals surface area contributed by atoms with Crippen molar-refractivity contribution in [1.82, 2.24) is 0 Å². The lowest BCUT2D eigenvalue weighted by atomic mass is 9.33. The van der Waals surface area contributed by atoms with E-state index in [4.69, 9.17) is 9.47 Å². The van der Waals surface area contributed by atoms with Crippen molar-refractivity contribution in [3.8, 4) is 0 Å². The summed E-state index contributed by atoms with van der Waals surface area (Å²) in [6.07, 6.45) is 1.84. The van der Waals surface area contributed by atoms with E-state index >= 15 is 0 Å². The maximum atomic E-state index is 13.1. The molecule has 5 N–H and O–H groups in total. The van der Waals surface area contributed by atoms with E-state index in [1.165, 1.54) is 5.57 Å². The van der Waals surface area contributed by atoms with Crippen LogP contribution < -0.4 is 0 Å². The van der Waals surface area contributed by atoms with Gasteiger partial charge in [-0.05, 0) is 104 Å². The van der Waals surface area contributed by atoms with E-state index in [1.807, 2.05) is 6.92 Å². The first-order chi connectivity index (χ1) is 21.3. The number of ether oxygens (including phenoxy) is 2. The van der Waals surface area contributed by atoms with E-state index in [-0.39, 0.29) is 39.4 Å². The molecule has 6 rings (SSSR count). The highest BCUT2D eigenvalue weighted by Crippen LogP contribution is 2.75. The molecule has 10 nitrogen and oxygen atoms in total. The zero-order valence-electron chi connectivity index (χ0n) is 28.2. The molecule has 0 spiro atoms. The lowest BCUT2D eigenvalue weighted by Crippen LogP contribution is -2.67. The number of aldehydes is 1. The van der Waals surface area contributed by atoms with Crippen LogP contribution in [0.4, 0.5) is 0 Å². The standard InChI is InChI=1S/C36H54O10/c1-31(2)13-15-36(30(43)44)16-14-34(5)19(20(36)17-31)7-8-22-32(3)11-10-23(33(4,18-37)21(32)9-12-35(22,34)6)45-29-26(40)24(38)25(39)27(46-29)28(41)42/h7,18,20-27,29,38-40H,8-17H2,1-6H3,(H,41,42)(H,43,44)/t20-,21+,22-,23-,24+,25+,26-,27+,29-,32-,33+,34-,35-,36+/m1/s1. The number of aliphatic hydroxyl groups excluding tert-OH is 3. The van der Waals surface area contributed by atoms with Crippen LogP contribution in [0, 0.1) is 50.2 Å². The minimum Gasteiger partial charge on any atom is -0.481 e. The summed E-state index contributed by atoms with van der Waals surface area (Å²) in [5, 5.41) is 51.3. The highest BCUT2D eigenvalue weighted by Gasteiger charge is 2.70. The second kappa shape index (κ2) is 10.8. The molecule has 258 valence electrons. The molecule has 0 amide bonds. The molecule has 46 heavy (non-hydrogen) atoms. The van der Waals surface area contributed by atoms with E-state index in [9.17, 15) is 39.9 Å². The lowest BCUT2D eigenvalue weighted by Gasteiger charge is -2.71. The predicted molar refractivity (Wildman–Crippen MR) is 166 cm³/mol. The predicted octanol–water partition coefficient (Wildman–Crippen LogP) is 4.33. The molecule has 0 aromatic carbocycles. The van der Waals surface area contributed by atoms with E-state index in [0.717, 1.165) is 57.7 Å². The third-order valence-electron chi connectivity index (χ3n) is 15.1. The van der Waals surface area contributed by atoms with Gasteiger partial charge < -0.3 is 39.8 Å². The summed E-state index contributed by atoms with van der Waals surface area (Å²) < 4.78 is 11.7. The number of carboxylic acid groups (broad SMARTS) is 2. The first-order valence-corrected chi connectivity index (χ1v) is 17.3. The number of aliphatic hydroxyl groups is 3. The van der Waals surface area contributed by atoms with Crippen LogP contribution in [0.15, 0.2) is 11.6 Å². The van der Waals surface area contributed by atoms with Crippen LogP contribution in [0.25, 0.3) is 0 Å². The van der Waals surface area contributed by atoms with Gasteiger partial charge in [0.1, 0.15) is 24.6 Å². The summed E-state index contributed by atoms with van der Waals surface area (Å²) in [5.74, 6) is -1.92. The van der Waals surface area contributed by atoms with Crippen molar-refractivity contribution in [3.63, 3.8) is 0 Å². The maximum absolute atomic E-state index is 13.1. The Morgan fingerprint density at radius 3 is 2.17 bits per heavy atom. The van der Waals surface area contributed by atoms with Gasteiger partial charge in [-0.1, -0.05) is 53.2 Å². The Morgan fingerprint density at radius 1 is 0.870 bits per heavy atom. The molecule has 5 fully saturated rings. The molecule has 1 aliphatic heterocycles. The van der Waals surface area contributed by atoms with Crippen LogP contribution in [0.5, 0.6) is 0 Å². The van der Waals surface area contributed by atoms with Gasteiger partial charge in [0.15, 0.2) is 12.4 Å². The SMILES string of the molecule is CC1(C)CC[C@]2(C(=O)O)CC[C@]3(C)C(=CC[C@@H]4[C@]5(C)CC[C@@H](O[C@@H]6O[C@H](C(=O)O)[C@@H](O)[C@H](O)[C@H]6O)[C@@](C)(C=O)[C@H]5CC[C@]43C)[C@H]2C1. The van der Waals surface area contributed by atoms with Gasteiger partial charge in [-0.15, -0.1) is 0 Å². The largest absolute Gasteiger partial charge is 0.481 e. The average Bonchev–Trinajstić information content (AvgIpc) is 2.98. The number of allylic oxidation sites excluding steroid dienone is 2. The first-order valence-electron chi connectivity index (χ1n) is 17.3. The third-order valence-corrected chi connectivity index (χ3v) is 15.1. The number of fused-ring (bicyclic) bond motifs is 7. The highest BCUT2D eigenvalue weighted by molar-refractivity contribution is 5.76. The number of carbonyl (C=O) groups excluding carboxylic acids is 1. The maximum Gasteiger partial charge on any atom is 0.335 e. The van der Waals surface area contributed by atoms with Gasteiger partial charge in [0.25, 0.3) is 0 Å². The second-order valence-electron chi connectivity index (χ2n) is 17.6. The zero-order chi connectivity index (χ0) is 33.8. The Balaban J connectivity index is 1.31. The van der Waals surface area contributed by atoms with Crippen LogP contribution in [0.1, 0.15) is 106 Å². The summed E-state index contributed by atoms with van der Waals surface area (Å²) in [4.78, 5) is 37.7. The van der Waals surface area contributed by atoms with Gasteiger partial charge in [0.05, 0.1) is 16.9 Å². The van der Waals surface area contributed by atoms with Crippen molar-refractivity contribution in [2.75, 3.05) is 0 Å². The van der Waals surface area contributed by atoms with Crippen LogP contribution in [-0.2, 0) is 23.9 Å². The fourth-order valence-electron chi connectivity index (χ4n) is 12.0. The van der Waals surface area contributed by atoms with Gasteiger partial charge in [-0.25, -0.2) is 4.79 Å². The minimum absolute atomic E-state index is 0.0191. The van der Waals surface area contributed by atoms with E-state index in [1.54, 1.807) is 0 Å². The topological polar surface area (TPSA) is 171 Å². The van der Waals surface area contributed by atoms with Crippen LogP contribution in [0.2, 0.25) is 0 Å². The van der Waals surface area contributed by atoms with E-state index in [2.05, 4.69) is 40.7 Å². The number of hydrogen-bond acceptors (Lipinski definition) is 8. The summed E-state index contributed by atoms with van der Waals surface area (Å²) in [7, 11) is 0. The smallest absolute Gasteiger partial charge is 0.335 e. The molecule has 14 atom stereocenters. The quantitative estimate of drug-likeness (QED) is 0.165. The molecular formula is C36H54O10. The van der Waals surface area contributed by atoms with E-state index < -0.39 is 59.6 Å². The van der Waals surface area contributed by atoms with Crippen molar-refractivity contribution in [2.45, 2.75) is 143 Å². The second-order valence-corrected chi connectivity index (χ2v) is 17.6. The Hall–Kier alpha value is -1.85. The third kappa shape index (κ3) is 4.49. The van der Waals surface area contributed by atoms with Crippen molar-refractivity contribution in [3.05, 3.63) is 11.6 Å². The molecular weight excluding hydrogens is 592 g/mol.